The molecule has 0 radical (unpaired) electrons. The van der Waals surface area contributed by atoms with Crippen LogP contribution in [0.5, 0.6) is 0 Å². The lowest BCUT2D eigenvalue weighted by Crippen LogP contribution is -2.38. The lowest BCUT2D eigenvalue weighted by molar-refractivity contribution is -0.116. The predicted octanol–water partition coefficient (Wildman–Crippen LogP) is 1.31. The molecular formula is C11H23NO2. The van der Waals surface area contributed by atoms with Crippen molar-refractivity contribution in [2.24, 2.45) is 5.41 Å². The van der Waals surface area contributed by atoms with Crippen molar-refractivity contribution in [3.63, 3.8) is 0 Å². The number of nitrogens with zero attached hydrogens (tertiary/aromatic N) is 1. The summed E-state index contributed by atoms with van der Waals surface area (Å²) in [5.74, 6) is 0. The zero-order valence-electron chi connectivity index (χ0n) is 9.62. The summed E-state index contributed by atoms with van der Waals surface area (Å²) >= 11 is 0. The van der Waals surface area contributed by atoms with Crippen molar-refractivity contribution in [3.8, 4) is 0 Å². The van der Waals surface area contributed by atoms with Gasteiger partial charge in [0.25, 0.3) is 0 Å². The van der Waals surface area contributed by atoms with Crippen LogP contribution in [-0.4, -0.2) is 42.5 Å². The molecule has 0 aromatic rings. The zero-order valence-corrected chi connectivity index (χ0v) is 9.62. The van der Waals surface area contributed by atoms with E-state index in [4.69, 9.17) is 5.11 Å². The Bertz CT molecular complexity index is 155. The molecule has 0 aliphatic heterocycles. The summed E-state index contributed by atoms with van der Waals surface area (Å²) in [7, 11) is 0. The smallest absolute Gasteiger partial charge is 0.127 e. The number of hydrogen-bond donors (Lipinski definition) is 1. The molecule has 0 spiro atoms. The van der Waals surface area contributed by atoms with Gasteiger partial charge in [-0.3, -0.25) is 0 Å². The molecule has 0 bridgehead atoms. The molecule has 3 heteroatoms. The molecule has 0 rings (SSSR count). The third kappa shape index (κ3) is 4.72. The molecule has 14 heavy (non-hydrogen) atoms. The van der Waals surface area contributed by atoms with Gasteiger partial charge in [-0.2, -0.15) is 0 Å². The van der Waals surface area contributed by atoms with Crippen LogP contribution >= 0.6 is 0 Å². The Hall–Kier alpha value is -0.410. The number of rotatable bonds is 8. The SMILES string of the molecule is CCCN(CCO)CC(C)(C=O)CC. The number of aliphatic hydroxyl groups is 1. The maximum absolute atomic E-state index is 10.9. The van der Waals surface area contributed by atoms with E-state index in [0.717, 1.165) is 32.2 Å². The highest BCUT2D eigenvalue weighted by Gasteiger charge is 2.23. The van der Waals surface area contributed by atoms with Crippen LogP contribution in [0.15, 0.2) is 0 Å². The molecule has 3 nitrogen and oxygen atoms in total. The van der Waals surface area contributed by atoms with E-state index in [1.165, 1.54) is 0 Å². The number of carbonyl (C=O) groups excluding carboxylic acids is 1. The van der Waals surface area contributed by atoms with Crippen molar-refractivity contribution in [3.05, 3.63) is 0 Å². The van der Waals surface area contributed by atoms with E-state index in [0.29, 0.717) is 6.54 Å². The molecule has 1 atom stereocenters. The van der Waals surface area contributed by atoms with Crippen LogP contribution in [-0.2, 0) is 4.79 Å². The van der Waals surface area contributed by atoms with Gasteiger partial charge < -0.3 is 14.8 Å². The number of carbonyl (C=O) groups is 1. The molecule has 84 valence electrons. The van der Waals surface area contributed by atoms with Gasteiger partial charge in [-0.05, 0) is 19.4 Å². The van der Waals surface area contributed by atoms with Gasteiger partial charge >= 0.3 is 0 Å². The van der Waals surface area contributed by atoms with Crippen molar-refractivity contribution in [1.82, 2.24) is 4.90 Å². The van der Waals surface area contributed by atoms with Gasteiger partial charge in [0.2, 0.25) is 0 Å². The fraction of sp³-hybridized carbons (Fsp3) is 0.909. The molecule has 0 aromatic carbocycles. The van der Waals surface area contributed by atoms with Gasteiger partial charge in [-0.1, -0.05) is 20.8 Å². The largest absolute Gasteiger partial charge is 0.395 e. The van der Waals surface area contributed by atoms with E-state index in [2.05, 4.69) is 11.8 Å². The minimum Gasteiger partial charge on any atom is -0.395 e. The predicted molar refractivity (Wildman–Crippen MR) is 58.3 cm³/mol. The van der Waals surface area contributed by atoms with Crippen molar-refractivity contribution < 1.29 is 9.90 Å². The third-order valence-corrected chi connectivity index (χ3v) is 2.63. The zero-order chi connectivity index (χ0) is 11.0. The van der Waals surface area contributed by atoms with Crippen LogP contribution in [0, 0.1) is 5.41 Å². The molecule has 1 N–H and O–H groups in total. The van der Waals surface area contributed by atoms with Gasteiger partial charge in [0, 0.05) is 18.5 Å². The molecule has 0 saturated carbocycles. The molecule has 0 aliphatic carbocycles. The topological polar surface area (TPSA) is 40.5 Å². The number of aldehydes is 1. The van der Waals surface area contributed by atoms with Crippen molar-refractivity contribution in [2.45, 2.75) is 33.6 Å². The number of hydrogen-bond acceptors (Lipinski definition) is 3. The lowest BCUT2D eigenvalue weighted by Gasteiger charge is -2.30. The van der Waals surface area contributed by atoms with Crippen molar-refractivity contribution >= 4 is 6.29 Å². The second kappa shape index (κ2) is 6.96. The van der Waals surface area contributed by atoms with Gasteiger partial charge in [0.15, 0.2) is 0 Å². The fourth-order valence-corrected chi connectivity index (χ4v) is 1.47. The normalized spacial score (nSPS) is 15.5. The quantitative estimate of drug-likeness (QED) is 0.602. The van der Waals surface area contributed by atoms with E-state index in [9.17, 15) is 4.79 Å². The highest BCUT2D eigenvalue weighted by molar-refractivity contribution is 5.58. The molecule has 0 amide bonds. The van der Waals surface area contributed by atoms with Gasteiger partial charge in [-0.25, -0.2) is 0 Å². The van der Waals surface area contributed by atoms with Crippen molar-refractivity contribution in [1.29, 1.82) is 0 Å². The summed E-state index contributed by atoms with van der Waals surface area (Å²) in [6.07, 6.45) is 2.94. The molecular weight excluding hydrogens is 178 g/mol. The Morgan fingerprint density at radius 3 is 2.36 bits per heavy atom. The molecule has 0 heterocycles. The van der Waals surface area contributed by atoms with Gasteiger partial charge in [-0.15, -0.1) is 0 Å². The van der Waals surface area contributed by atoms with E-state index in [1.54, 1.807) is 0 Å². The van der Waals surface area contributed by atoms with Crippen LogP contribution in [0.25, 0.3) is 0 Å². The molecule has 0 saturated heterocycles. The third-order valence-electron chi connectivity index (χ3n) is 2.63. The Morgan fingerprint density at radius 1 is 1.36 bits per heavy atom. The Morgan fingerprint density at radius 2 is 2.00 bits per heavy atom. The summed E-state index contributed by atoms with van der Waals surface area (Å²) < 4.78 is 0. The minimum absolute atomic E-state index is 0.165. The van der Waals surface area contributed by atoms with Crippen LogP contribution in [0.3, 0.4) is 0 Å². The van der Waals surface area contributed by atoms with Crippen LogP contribution in [0.1, 0.15) is 33.6 Å². The second-order valence-corrected chi connectivity index (χ2v) is 4.13. The Balaban J connectivity index is 4.17. The van der Waals surface area contributed by atoms with Crippen molar-refractivity contribution in [2.75, 3.05) is 26.2 Å². The van der Waals surface area contributed by atoms with E-state index >= 15 is 0 Å². The summed E-state index contributed by atoms with van der Waals surface area (Å²) in [6, 6.07) is 0. The Kier molecular flexibility index (Phi) is 6.75. The summed E-state index contributed by atoms with van der Waals surface area (Å²) in [6.45, 7) is 8.63. The first-order chi connectivity index (χ1) is 6.61. The first-order valence-corrected chi connectivity index (χ1v) is 5.41. The molecule has 0 aliphatic rings. The highest BCUT2D eigenvalue weighted by Crippen LogP contribution is 2.19. The fourth-order valence-electron chi connectivity index (χ4n) is 1.47. The summed E-state index contributed by atoms with van der Waals surface area (Å²) in [5, 5.41) is 8.88. The number of aliphatic hydroxyl groups excluding tert-OH is 1. The average molecular weight is 201 g/mol. The minimum atomic E-state index is -0.260. The Labute approximate surface area is 87.1 Å². The van der Waals surface area contributed by atoms with Gasteiger partial charge in [0.1, 0.15) is 6.29 Å². The lowest BCUT2D eigenvalue weighted by atomic mass is 9.89. The summed E-state index contributed by atoms with van der Waals surface area (Å²) in [5.41, 5.74) is -0.260. The second-order valence-electron chi connectivity index (χ2n) is 4.13. The highest BCUT2D eigenvalue weighted by atomic mass is 16.3. The monoisotopic (exact) mass is 201 g/mol. The first kappa shape index (κ1) is 13.6. The average Bonchev–Trinajstić information content (AvgIpc) is 2.18. The van der Waals surface area contributed by atoms with Crippen LogP contribution < -0.4 is 0 Å². The van der Waals surface area contributed by atoms with Gasteiger partial charge in [0.05, 0.1) is 6.61 Å². The maximum atomic E-state index is 10.9. The summed E-state index contributed by atoms with van der Waals surface area (Å²) in [4.78, 5) is 13.1. The molecule has 1 unspecified atom stereocenters. The first-order valence-electron chi connectivity index (χ1n) is 5.41. The van der Waals surface area contributed by atoms with Crippen LogP contribution in [0.2, 0.25) is 0 Å². The standard InChI is InChI=1S/C11H23NO2/c1-4-6-12(7-8-13)9-11(3,5-2)10-14/h10,13H,4-9H2,1-3H3. The van der Waals surface area contributed by atoms with E-state index in [-0.39, 0.29) is 12.0 Å². The van der Waals surface area contributed by atoms with E-state index in [1.807, 2.05) is 13.8 Å². The molecule has 0 aromatic heterocycles. The van der Waals surface area contributed by atoms with E-state index < -0.39 is 0 Å². The maximum Gasteiger partial charge on any atom is 0.127 e. The van der Waals surface area contributed by atoms with Crippen LogP contribution in [0.4, 0.5) is 0 Å². The molecule has 0 fully saturated rings.